The highest BCUT2D eigenvalue weighted by Gasteiger charge is 2.19. The third-order valence-electron chi connectivity index (χ3n) is 1.55. The molecule has 0 aliphatic carbocycles. The number of azide groups is 1. The van der Waals surface area contributed by atoms with Crippen molar-refractivity contribution in [2.45, 2.75) is 13.0 Å². The Labute approximate surface area is 92.5 Å². The molecule has 16 heavy (non-hydrogen) atoms. The van der Waals surface area contributed by atoms with Crippen molar-refractivity contribution in [3.05, 3.63) is 10.4 Å². The van der Waals surface area contributed by atoms with Gasteiger partial charge in [-0.2, -0.15) is 0 Å². The lowest BCUT2D eigenvalue weighted by molar-refractivity contribution is -0.146. The van der Waals surface area contributed by atoms with E-state index >= 15 is 0 Å². The molecular weight excluding hydrogens is 216 g/mol. The Hall–Kier alpha value is -1.79. The molecule has 0 rings (SSSR count). The minimum absolute atomic E-state index is 0.0206. The number of nitrogens with one attached hydrogen (secondary N) is 1. The summed E-state index contributed by atoms with van der Waals surface area (Å²) in [5.41, 5.74) is 7.99. The first-order valence-electron chi connectivity index (χ1n) is 4.55. The van der Waals surface area contributed by atoms with Crippen LogP contribution >= 0.6 is 0 Å². The van der Waals surface area contributed by atoms with Gasteiger partial charge in [-0.05, 0) is 5.53 Å². The average molecular weight is 230 g/mol. The van der Waals surface area contributed by atoms with Crippen LogP contribution in [0.4, 0.5) is 0 Å². The number of amides is 1. The standard InChI is InChI=1S/C8H14N4O4/c1-6(13)11-7(8(14)15-2)5-16-4-3-10-12-9/h7H,3-5H2,1-2H3,(H,11,13)/t7-/m0/s1. The normalized spacial score (nSPS) is 11.1. The highest BCUT2D eigenvalue weighted by atomic mass is 16.5. The predicted molar refractivity (Wildman–Crippen MR) is 54.5 cm³/mol. The van der Waals surface area contributed by atoms with Gasteiger partial charge in [0.25, 0.3) is 0 Å². The minimum Gasteiger partial charge on any atom is -0.467 e. The maximum atomic E-state index is 11.2. The molecule has 0 fully saturated rings. The molecule has 1 atom stereocenters. The lowest BCUT2D eigenvalue weighted by Gasteiger charge is -2.14. The number of carbonyl (C=O) groups is 2. The fraction of sp³-hybridized carbons (Fsp3) is 0.750. The van der Waals surface area contributed by atoms with Gasteiger partial charge in [-0.3, -0.25) is 4.79 Å². The number of rotatable bonds is 7. The van der Waals surface area contributed by atoms with Gasteiger partial charge in [-0.25, -0.2) is 4.79 Å². The molecule has 0 radical (unpaired) electrons. The molecule has 1 amide bonds. The first-order chi connectivity index (χ1) is 7.61. The van der Waals surface area contributed by atoms with Crippen molar-refractivity contribution >= 4 is 11.9 Å². The Morgan fingerprint density at radius 1 is 1.56 bits per heavy atom. The molecule has 0 aromatic heterocycles. The molecular formula is C8H14N4O4. The fourth-order valence-corrected chi connectivity index (χ4v) is 0.908. The van der Waals surface area contributed by atoms with Gasteiger partial charge in [0.1, 0.15) is 0 Å². The first-order valence-corrected chi connectivity index (χ1v) is 4.55. The van der Waals surface area contributed by atoms with E-state index in [1.807, 2.05) is 0 Å². The van der Waals surface area contributed by atoms with Crippen LogP contribution in [-0.2, 0) is 19.1 Å². The summed E-state index contributed by atoms with van der Waals surface area (Å²) in [6.07, 6.45) is 0. The van der Waals surface area contributed by atoms with Crippen LogP contribution in [0.5, 0.6) is 0 Å². The van der Waals surface area contributed by atoms with Gasteiger partial charge in [-0.1, -0.05) is 5.11 Å². The van der Waals surface area contributed by atoms with E-state index in [4.69, 9.17) is 10.3 Å². The van der Waals surface area contributed by atoms with Crippen molar-refractivity contribution in [1.29, 1.82) is 0 Å². The lowest BCUT2D eigenvalue weighted by atomic mass is 10.3. The molecule has 8 heteroatoms. The molecule has 0 aliphatic heterocycles. The summed E-state index contributed by atoms with van der Waals surface area (Å²) in [6.45, 7) is 1.62. The Bertz CT molecular complexity index is 288. The highest BCUT2D eigenvalue weighted by molar-refractivity contribution is 5.83. The van der Waals surface area contributed by atoms with Crippen LogP contribution in [0.3, 0.4) is 0 Å². The third kappa shape index (κ3) is 6.63. The van der Waals surface area contributed by atoms with Crippen molar-refractivity contribution < 1.29 is 19.1 Å². The zero-order valence-corrected chi connectivity index (χ0v) is 9.17. The molecule has 0 saturated heterocycles. The number of methoxy groups -OCH3 is 1. The SMILES string of the molecule is COC(=O)[C@H](COCCN=[N+]=[N-])NC(C)=O. The molecule has 0 saturated carbocycles. The van der Waals surface area contributed by atoms with Gasteiger partial charge in [0.05, 0.1) is 20.3 Å². The van der Waals surface area contributed by atoms with Gasteiger partial charge in [-0.15, -0.1) is 0 Å². The number of nitrogens with zero attached hydrogens (tertiary/aromatic N) is 3. The summed E-state index contributed by atoms with van der Waals surface area (Å²) >= 11 is 0. The Morgan fingerprint density at radius 3 is 2.75 bits per heavy atom. The minimum atomic E-state index is -0.839. The molecule has 0 unspecified atom stereocenters. The van der Waals surface area contributed by atoms with Crippen LogP contribution in [0.1, 0.15) is 6.92 Å². The summed E-state index contributed by atoms with van der Waals surface area (Å²) < 4.78 is 9.52. The van der Waals surface area contributed by atoms with Crippen LogP contribution < -0.4 is 5.32 Å². The van der Waals surface area contributed by atoms with Gasteiger partial charge < -0.3 is 14.8 Å². The fourth-order valence-electron chi connectivity index (χ4n) is 0.908. The third-order valence-corrected chi connectivity index (χ3v) is 1.55. The first kappa shape index (κ1) is 14.2. The molecule has 0 bridgehead atoms. The second-order valence-electron chi connectivity index (χ2n) is 2.81. The van der Waals surface area contributed by atoms with Crippen molar-refractivity contribution in [2.75, 3.05) is 26.9 Å². The molecule has 1 N–H and O–H groups in total. The van der Waals surface area contributed by atoms with Crippen molar-refractivity contribution in [1.82, 2.24) is 5.32 Å². The molecule has 0 heterocycles. The van der Waals surface area contributed by atoms with Crippen LogP contribution in [0.15, 0.2) is 5.11 Å². The second-order valence-corrected chi connectivity index (χ2v) is 2.81. The van der Waals surface area contributed by atoms with E-state index in [0.29, 0.717) is 0 Å². The van der Waals surface area contributed by atoms with E-state index in [-0.39, 0.29) is 25.7 Å². The number of hydrogen-bond donors (Lipinski definition) is 1. The molecule has 0 aromatic rings. The zero-order chi connectivity index (χ0) is 12.4. The van der Waals surface area contributed by atoms with Crippen LogP contribution in [0, 0.1) is 0 Å². The summed E-state index contributed by atoms with van der Waals surface area (Å²) in [5.74, 6) is -0.937. The van der Waals surface area contributed by atoms with Crippen molar-refractivity contribution in [3.63, 3.8) is 0 Å². The molecule has 0 spiro atoms. The van der Waals surface area contributed by atoms with E-state index in [2.05, 4.69) is 20.1 Å². The molecule has 0 aromatic carbocycles. The van der Waals surface area contributed by atoms with Crippen LogP contribution in [-0.4, -0.2) is 44.8 Å². The number of hydrogen-bond acceptors (Lipinski definition) is 5. The topological polar surface area (TPSA) is 113 Å². The maximum Gasteiger partial charge on any atom is 0.330 e. The summed E-state index contributed by atoms with van der Waals surface area (Å²) in [4.78, 5) is 24.5. The Balaban J connectivity index is 3.96. The highest BCUT2D eigenvalue weighted by Crippen LogP contribution is 1.91. The zero-order valence-electron chi connectivity index (χ0n) is 9.17. The number of ether oxygens (including phenoxy) is 2. The van der Waals surface area contributed by atoms with Crippen molar-refractivity contribution in [2.24, 2.45) is 5.11 Å². The molecule has 0 aliphatic rings. The number of carbonyl (C=O) groups excluding carboxylic acids is 2. The van der Waals surface area contributed by atoms with Gasteiger partial charge in [0.15, 0.2) is 6.04 Å². The lowest BCUT2D eigenvalue weighted by Crippen LogP contribution is -2.43. The van der Waals surface area contributed by atoms with Gasteiger partial charge in [0.2, 0.25) is 5.91 Å². The smallest absolute Gasteiger partial charge is 0.330 e. The monoisotopic (exact) mass is 230 g/mol. The largest absolute Gasteiger partial charge is 0.467 e. The van der Waals surface area contributed by atoms with E-state index in [1.165, 1.54) is 14.0 Å². The Kier molecular flexibility index (Phi) is 7.56. The van der Waals surface area contributed by atoms with Gasteiger partial charge in [0, 0.05) is 18.4 Å². The van der Waals surface area contributed by atoms with Gasteiger partial charge >= 0.3 is 5.97 Å². The summed E-state index contributed by atoms with van der Waals surface area (Å²) in [7, 11) is 1.22. The van der Waals surface area contributed by atoms with E-state index in [0.717, 1.165) is 0 Å². The summed E-state index contributed by atoms with van der Waals surface area (Å²) in [6, 6.07) is -0.839. The summed E-state index contributed by atoms with van der Waals surface area (Å²) in [5, 5.41) is 5.63. The Morgan fingerprint density at radius 2 is 2.25 bits per heavy atom. The predicted octanol–water partition coefficient (Wildman–Crippen LogP) is -0.00900. The second kappa shape index (κ2) is 8.51. The molecule has 8 nitrogen and oxygen atoms in total. The molecule has 90 valence electrons. The van der Waals surface area contributed by atoms with Crippen molar-refractivity contribution in [3.8, 4) is 0 Å². The maximum absolute atomic E-state index is 11.2. The van der Waals surface area contributed by atoms with E-state index < -0.39 is 12.0 Å². The number of esters is 1. The average Bonchev–Trinajstić information content (AvgIpc) is 2.25. The van der Waals surface area contributed by atoms with E-state index in [9.17, 15) is 9.59 Å². The quantitative estimate of drug-likeness (QED) is 0.218. The van der Waals surface area contributed by atoms with E-state index in [1.54, 1.807) is 0 Å². The van der Waals surface area contributed by atoms with Crippen LogP contribution in [0.25, 0.3) is 10.4 Å². The van der Waals surface area contributed by atoms with Crippen LogP contribution in [0.2, 0.25) is 0 Å².